The van der Waals surface area contributed by atoms with Gasteiger partial charge in [0.1, 0.15) is 5.75 Å². The van der Waals surface area contributed by atoms with E-state index in [4.69, 9.17) is 4.74 Å². The predicted molar refractivity (Wildman–Crippen MR) is 90.2 cm³/mol. The number of carboxylic acid groups (broad SMARTS) is 1. The summed E-state index contributed by atoms with van der Waals surface area (Å²) in [6.45, 7) is 1.46. The van der Waals surface area contributed by atoms with Gasteiger partial charge in [-0.3, -0.25) is 4.79 Å². The first kappa shape index (κ1) is 15.4. The minimum Gasteiger partial charge on any atom is -0.497 e. The molecule has 23 heavy (non-hydrogen) atoms. The van der Waals surface area contributed by atoms with E-state index in [1.54, 1.807) is 7.11 Å². The van der Waals surface area contributed by atoms with Gasteiger partial charge < -0.3 is 14.7 Å². The number of ether oxygens (including phenoxy) is 1. The van der Waals surface area contributed by atoms with E-state index in [9.17, 15) is 9.90 Å². The zero-order chi connectivity index (χ0) is 16.3. The largest absolute Gasteiger partial charge is 0.497 e. The van der Waals surface area contributed by atoms with Crippen molar-refractivity contribution < 1.29 is 14.6 Å². The van der Waals surface area contributed by atoms with Gasteiger partial charge in [0, 0.05) is 18.8 Å². The highest BCUT2D eigenvalue weighted by molar-refractivity contribution is 5.82. The topological polar surface area (TPSA) is 49.8 Å². The van der Waals surface area contributed by atoms with Crippen molar-refractivity contribution >= 4 is 11.7 Å². The smallest absolute Gasteiger partial charge is 0.314 e. The van der Waals surface area contributed by atoms with Crippen LogP contribution in [0.3, 0.4) is 0 Å². The van der Waals surface area contributed by atoms with Crippen LogP contribution in [0.1, 0.15) is 18.4 Å². The van der Waals surface area contributed by atoms with E-state index in [0.29, 0.717) is 18.6 Å². The molecule has 0 amide bonds. The van der Waals surface area contributed by atoms with Gasteiger partial charge in [0.2, 0.25) is 0 Å². The summed E-state index contributed by atoms with van der Waals surface area (Å²) in [5, 5.41) is 9.90. The first-order valence-corrected chi connectivity index (χ1v) is 7.84. The van der Waals surface area contributed by atoms with Gasteiger partial charge in [-0.15, -0.1) is 0 Å². The lowest BCUT2D eigenvalue weighted by Gasteiger charge is -2.40. The fourth-order valence-corrected chi connectivity index (χ4v) is 3.33. The molecule has 0 radical (unpaired) electrons. The highest BCUT2D eigenvalue weighted by atomic mass is 16.5. The van der Waals surface area contributed by atoms with Crippen molar-refractivity contribution in [2.75, 3.05) is 25.1 Å². The monoisotopic (exact) mass is 311 g/mol. The van der Waals surface area contributed by atoms with Crippen LogP contribution >= 0.6 is 0 Å². The molecule has 2 aromatic carbocycles. The Balaban J connectivity index is 1.86. The average molecular weight is 311 g/mol. The molecule has 1 saturated heterocycles. The molecule has 0 bridgehead atoms. The van der Waals surface area contributed by atoms with Gasteiger partial charge in [-0.2, -0.15) is 0 Å². The molecule has 1 N–H and O–H groups in total. The van der Waals surface area contributed by atoms with Crippen LogP contribution in [0.5, 0.6) is 5.75 Å². The molecule has 120 valence electrons. The highest BCUT2D eigenvalue weighted by Crippen LogP contribution is 2.38. The second-order valence-corrected chi connectivity index (χ2v) is 5.94. The van der Waals surface area contributed by atoms with Crippen molar-refractivity contribution in [3.05, 3.63) is 60.2 Å². The number of piperidine rings is 1. The number of anilines is 1. The Hall–Kier alpha value is -2.49. The van der Waals surface area contributed by atoms with Crippen molar-refractivity contribution in [2.45, 2.75) is 18.3 Å². The molecule has 0 atom stereocenters. The lowest BCUT2D eigenvalue weighted by Crippen LogP contribution is -2.47. The van der Waals surface area contributed by atoms with E-state index in [2.05, 4.69) is 17.0 Å². The van der Waals surface area contributed by atoms with Gasteiger partial charge in [-0.25, -0.2) is 0 Å². The number of benzene rings is 2. The summed E-state index contributed by atoms with van der Waals surface area (Å²) in [7, 11) is 1.60. The zero-order valence-corrected chi connectivity index (χ0v) is 13.2. The number of nitrogens with zero attached hydrogens (tertiary/aromatic N) is 1. The third-order valence-corrected chi connectivity index (χ3v) is 4.77. The molecular weight excluding hydrogens is 290 g/mol. The van der Waals surface area contributed by atoms with Crippen LogP contribution in [-0.4, -0.2) is 31.3 Å². The molecule has 0 unspecified atom stereocenters. The average Bonchev–Trinajstić information content (AvgIpc) is 2.62. The Morgan fingerprint density at radius 3 is 2.39 bits per heavy atom. The Labute approximate surface area is 136 Å². The molecule has 4 heteroatoms. The van der Waals surface area contributed by atoms with Crippen LogP contribution in [0.15, 0.2) is 54.6 Å². The van der Waals surface area contributed by atoms with Crippen LogP contribution < -0.4 is 9.64 Å². The normalized spacial score (nSPS) is 16.8. The Morgan fingerprint density at radius 1 is 1.09 bits per heavy atom. The summed E-state index contributed by atoms with van der Waals surface area (Å²) < 4.78 is 5.26. The maximum absolute atomic E-state index is 12.1. The molecule has 1 fully saturated rings. The number of methoxy groups -OCH3 is 1. The van der Waals surface area contributed by atoms with Gasteiger partial charge in [0.25, 0.3) is 0 Å². The predicted octanol–water partition coefficient (Wildman–Crippen LogP) is 3.32. The van der Waals surface area contributed by atoms with Crippen molar-refractivity contribution in [3.63, 3.8) is 0 Å². The lowest BCUT2D eigenvalue weighted by molar-refractivity contribution is -0.144. The molecule has 1 heterocycles. The molecular formula is C19H21NO3. The maximum Gasteiger partial charge on any atom is 0.314 e. The first-order valence-electron chi connectivity index (χ1n) is 7.84. The van der Waals surface area contributed by atoms with E-state index in [0.717, 1.165) is 24.3 Å². The molecule has 0 aliphatic carbocycles. The number of para-hydroxylation sites is 1. The Kier molecular flexibility index (Phi) is 4.24. The van der Waals surface area contributed by atoms with E-state index < -0.39 is 11.4 Å². The standard InChI is InChI=1S/C19H21NO3/c1-23-17-9-5-6-15(14-17)19(18(21)22)10-12-20(13-11-19)16-7-3-2-4-8-16/h2-9,14H,10-13H2,1H3,(H,21,22). The van der Waals surface area contributed by atoms with Gasteiger partial charge in [0.15, 0.2) is 0 Å². The zero-order valence-electron chi connectivity index (χ0n) is 13.2. The summed E-state index contributed by atoms with van der Waals surface area (Å²) in [5.41, 5.74) is 1.15. The molecule has 3 rings (SSSR count). The second kappa shape index (κ2) is 6.32. The lowest BCUT2D eigenvalue weighted by atomic mass is 9.72. The Morgan fingerprint density at radius 2 is 1.78 bits per heavy atom. The SMILES string of the molecule is COc1cccc(C2(C(=O)O)CCN(c3ccccc3)CC2)c1. The molecule has 4 nitrogen and oxygen atoms in total. The van der Waals surface area contributed by atoms with E-state index in [1.807, 2.05) is 42.5 Å². The highest BCUT2D eigenvalue weighted by Gasteiger charge is 2.43. The molecule has 1 aliphatic heterocycles. The number of hydrogen-bond donors (Lipinski definition) is 1. The third-order valence-electron chi connectivity index (χ3n) is 4.77. The first-order chi connectivity index (χ1) is 11.2. The van der Waals surface area contributed by atoms with Gasteiger partial charge in [-0.05, 0) is 42.7 Å². The summed E-state index contributed by atoms with van der Waals surface area (Å²) in [5.74, 6) is -0.0490. The van der Waals surface area contributed by atoms with Crippen molar-refractivity contribution in [1.82, 2.24) is 0 Å². The molecule has 0 saturated carbocycles. The van der Waals surface area contributed by atoms with E-state index in [1.165, 1.54) is 0 Å². The van der Waals surface area contributed by atoms with Crippen LogP contribution in [0.2, 0.25) is 0 Å². The molecule has 2 aromatic rings. The molecule has 1 aliphatic rings. The van der Waals surface area contributed by atoms with Gasteiger partial charge in [-0.1, -0.05) is 30.3 Å². The Bertz CT molecular complexity index is 676. The summed E-state index contributed by atoms with van der Waals surface area (Å²) in [6, 6.07) is 17.6. The number of hydrogen-bond acceptors (Lipinski definition) is 3. The van der Waals surface area contributed by atoms with Gasteiger partial charge >= 0.3 is 5.97 Å². The van der Waals surface area contributed by atoms with E-state index >= 15 is 0 Å². The number of rotatable bonds is 4. The summed E-state index contributed by atoms with van der Waals surface area (Å²) in [4.78, 5) is 14.3. The van der Waals surface area contributed by atoms with Crippen LogP contribution in [0.4, 0.5) is 5.69 Å². The van der Waals surface area contributed by atoms with Crippen molar-refractivity contribution in [3.8, 4) is 5.75 Å². The number of carboxylic acids is 1. The molecule has 0 spiro atoms. The van der Waals surface area contributed by atoms with Crippen molar-refractivity contribution in [2.24, 2.45) is 0 Å². The van der Waals surface area contributed by atoms with Crippen LogP contribution in [-0.2, 0) is 10.2 Å². The maximum atomic E-state index is 12.1. The van der Waals surface area contributed by atoms with Crippen LogP contribution in [0, 0.1) is 0 Å². The minimum absolute atomic E-state index is 0.588. The summed E-state index contributed by atoms with van der Waals surface area (Å²) in [6.07, 6.45) is 1.18. The summed E-state index contributed by atoms with van der Waals surface area (Å²) >= 11 is 0. The fourth-order valence-electron chi connectivity index (χ4n) is 3.33. The van der Waals surface area contributed by atoms with Crippen LogP contribution in [0.25, 0.3) is 0 Å². The van der Waals surface area contributed by atoms with E-state index in [-0.39, 0.29) is 0 Å². The number of carbonyl (C=O) groups is 1. The quantitative estimate of drug-likeness (QED) is 0.941. The number of aliphatic carboxylic acids is 1. The van der Waals surface area contributed by atoms with Crippen molar-refractivity contribution in [1.29, 1.82) is 0 Å². The van der Waals surface area contributed by atoms with Gasteiger partial charge in [0.05, 0.1) is 12.5 Å². The minimum atomic E-state index is -0.834. The third kappa shape index (κ3) is 2.89. The molecule has 0 aromatic heterocycles. The second-order valence-electron chi connectivity index (χ2n) is 5.94. The fraction of sp³-hybridized carbons (Fsp3) is 0.316.